The molecule has 0 atom stereocenters. The maximum atomic E-state index is 13.7. The number of nitriles is 1. The highest BCUT2D eigenvalue weighted by Crippen LogP contribution is 2.44. The van der Waals surface area contributed by atoms with Crippen molar-refractivity contribution in [3.63, 3.8) is 0 Å². The van der Waals surface area contributed by atoms with Gasteiger partial charge in [0, 0.05) is 25.1 Å². The normalized spacial score (nSPS) is 16.6. The number of carbonyl (C=O) groups is 1. The molecule has 1 amide bonds. The van der Waals surface area contributed by atoms with E-state index in [1.807, 2.05) is 24.3 Å². The highest BCUT2D eigenvalue weighted by molar-refractivity contribution is 5.79. The Morgan fingerprint density at radius 2 is 1.52 bits per heavy atom. The third-order valence-corrected chi connectivity index (χ3v) is 6.84. The summed E-state index contributed by atoms with van der Waals surface area (Å²) in [6.07, 6.45) is 0.140. The molecule has 3 aromatic rings. The second-order valence-electron chi connectivity index (χ2n) is 8.64. The molecule has 1 heterocycles. The van der Waals surface area contributed by atoms with E-state index in [0.717, 1.165) is 28.3 Å². The van der Waals surface area contributed by atoms with Crippen molar-refractivity contribution in [2.45, 2.75) is 24.2 Å². The lowest BCUT2D eigenvalue weighted by atomic mass is 9.74. The molecule has 3 aromatic carbocycles. The predicted molar refractivity (Wildman–Crippen MR) is 120 cm³/mol. The van der Waals surface area contributed by atoms with Gasteiger partial charge in [-0.3, -0.25) is 0 Å². The van der Waals surface area contributed by atoms with Gasteiger partial charge < -0.3 is 9.64 Å². The highest BCUT2D eigenvalue weighted by atomic mass is 19.1. The zero-order valence-electron chi connectivity index (χ0n) is 17.9. The summed E-state index contributed by atoms with van der Waals surface area (Å²) in [6.45, 7) is 0.784. The summed E-state index contributed by atoms with van der Waals surface area (Å²) in [7, 11) is 0. The molecular formula is C27H22F2N2O2. The number of benzene rings is 3. The van der Waals surface area contributed by atoms with E-state index in [1.165, 1.54) is 12.1 Å². The van der Waals surface area contributed by atoms with Crippen LogP contribution in [-0.2, 0) is 10.2 Å². The van der Waals surface area contributed by atoms with Crippen molar-refractivity contribution in [2.24, 2.45) is 0 Å². The monoisotopic (exact) mass is 444 g/mol. The van der Waals surface area contributed by atoms with Crippen molar-refractivity contribution in [3.8, 4) is 17.2 Å². The number of hydrogen-bond acceptors (Lipinski definition) is 3. The molecule has 1 aliphatic heterocycles. The number of amides is 1. The summed E-state index contributed by atoms with van der Waals surface area (Å²) in [5, 5.41) is 9.80. The molecule has 6 heteroatoms. The minimum atomic E-state index is -1.02. The number of rotatable bonds is 3. The van der Waals surface area contributed by atoms with Crippen LogP contribution in [0.15, 0.2) is 66.7 Å². The maximum Gasteiger partial charge on any atom is 0.409 e. The van der Waals surface area contributed by atoms with Gasteiger partial charge in [-0.05, 0) is 52.8 Å². The summed E-state index contributed by atoms with van der Waals surface area (Å²) in [4.78, 5) is 14.4. The third-order valence-electron chi connectivity index (χ3n) is 6.84. The van der Waals surface area contributed by atoms with Gasteiger partial charge in [0.2, 0.25) is 0 Å². The Kier molecular flexibility index (Phi) is 5.33. The molecule has 0 bridgehead atoms. The number of likely N-dealkylation sites (tertiary alicyclic amines) is 1. The van der Waals surface area contributed by atoms with Crippen LogP contribution in [0.25, 0.3) is 11.1 Å². The van der Waals surface area contributed by atoms with E-state index in [-0.39, 0.29) is 38.5 Å². The van der Waals surface area contributed by atoms with Crippen LogP contribution in [0.3, 0.4) is 0 Å². The predicted octanol–water partition coefficient (Wildman–Crippen LogP) is 5.77. The zero-order chi connectivity index (χ0) is 23.0. The van der Waals surface area contributed by atoms with Gasteiger partial charge in [-0.1, -0.05) is 48.5 Å². The number of hydrogen-bond donors (Lipinski definition) is 0. The Bertz CT molecular complexity index is 1190. The molecule has 1 aliphatic carbocycles. The van der Waals surface area contributed by atoms with E-state index in [4.69, 9.17) is 4.74 Å². The van der Waals surface area contributed by atoms with Crippen molar-refractivity contribution >= 4 is 6.09 Å². The van der Waals surface area contributed by atoms with E-state index in [9.17, 15) is 18.8 Å². The Labute approximate surface area is 191 Å². The quantitative estimate of drug-likeness (QED) is 0.515. The summed E-state index contributed by atoms with van der Waals surface area (Å²) < 4.78 is 33.1. The van der Waals surface area contributed by atoms with Crippen LogP contribution in [0.1, 0.15) is 35.4 Å². The second kappa shape index (κ2) is 8.32. The van der Waals surface area contributed by atoms with Crippen molar-refractivity contribution in [1.29, 1.82) is 5.26 Å². The summed E-state index contributed by atoms with van der Waals surface area (Å²) in [5.74, 6) is -1.45. The molecule has 1 saturated heterocycles. The summed E-state index contributed by atoms with van der Waals surface area (Å²) in [6, 6.07) is 21.7. The molecule has 5 rings (SSSR count). The van der Waals surface area contributed by atoms with Crippen LogP contribution < -0.4 is 0 Å². The first kappa shape index (κ1) is 21.1. The first-order valence-electron chi connectivity index (χ1n) is 11.0. The molecule has 0 spiro atoms. The average molecular weight is 444 g/mol. The van der Waals surface area contributed by atoms with Crippen LogP contribution in [-0.4, -0.2) is 30.7 Å². The largest absolute Gasteiger partial charge is 0.448 e. The van der Waals surface area contributed by atoms with Crippen molar-refractivity contribution in [3.05, 3.63) is 95.1 Å². The molecule has 0 N–H and O–H groups in total. The van der Waals surface area contributed by atoms with Crippen LogP contribution in [0, 0.1) is 23.0 Å². The Balaban J connectivity index is 1.27. The van der Waals surface area contributed by atoms with Crippen molar-refractivity contribution in [1.82, 2.24) is 4.90 Å². The van der Waals surface area contributed by atoms with Crippen LogP contribution in [0.5, 0.6) is 0 Å². The Morgan fingerprint density at radius 3 is 2.06 bits per heavy atom. The lowest BCUT2D eigenvalue weighted by molar-refractivity contribution is 0.0858. The SMILES string of the molecule is N#CC1(c2cc(F)cc(F)c2)CCN(C(=O)OCC2c3ccccc3-c3ccccc32)CC1. The Hall–Kier alpha value is -3.72. The van der Waals surface area contributed by atoms with E-state index < -0.39 is 23.1 Å². The number of nitrogens with zero attached hydrogens (tertiary/aromatic N) is 2. The number of piperidine rings is 1. The fourth-order valence-electron chi connectivity index (χ4n) is 5.05. The molecule has 1 fully saturated rings. The van der Waals surface area contributed by atoms with Gasteiger partial charge in [-0.15, -0.1) is 0 Å². The van der Waals surface area contributed by atoms with Gasteiger partial charge in [-0.25, -0.2) is 13.6 Å². The van der Waals surface area contributed by atoms with E-state index in [0.29, 0.717) is 5.56 Å². The zero-order valence-corrected chi connectivity index (χ0v) is 17.9. The topological polar surface area (TPSA) is 53.3 Å². The minimum absolute atomic E-state index is 0.0281. The van der Waals surface area contributed by atoms with Gasteiger partial charge in [0.1, 0.15) is 18.2 Å². The molecule has 2 aliphatic rings. The first-order valence-corrected chi connectivity index (χ1v) is 11.0. The Morgan fingerprint density at radius 1 is 0.970 bits per heavy atom. The van der Waals surface area contributed by atoms with Gasteiger partial charge in [0.25, 0.3) is 0 Å². The smallest absolute Gasteiger partial charge is 0.409 e. The minimum Gasteiger partial charge on any atom is -0.448 e. The first-order chi connectivity index (χ1) is 16.0. The molecular weight excluding hydrogens is 422 g/mol. The number of ether oxygens (including phenoxy) is 1. The third kappa shape index (κ3) is 3.74. The van der Waals surface area contributed by atoms with Gasteiger partial charge in [0.05, 0.1) is 11.5 Å². The number of fused-ring (bicyclic) bond motifs is 3. The molecule has 0 unspecified atom stereocenters. The molecule has 33 heavy (non-hydrogen) atoms. The van der Waals surface area contributed by atoms with Gasteiger partial charge in [0.15, 0.2) is 0 Å². The van der Waals surface area contributed by atoms with Crippen LogP contribution in [0.4, 0.5) is 13.6 Å². The fraction of sp³-hybridized carbons (Fsp3) is 0.259. The number of carbonyl (C=O) groups excluding carboxylic acids is 1. The molecule has 166 valence electrons. The van der Waals surface area contributed by atoms with E-state index >= 15 is 0 Å². The lowest BCUT2D eigenvalue weighted by Crippen LogP contribution is -2.45. The van der Waals surface area contributed by atoms with Gasteiger partial charge in [-0.2, -0.15) is 5.26 Å². The highest BCUT2D eigenvalue weighted by Gasteiger charge is 2.39. The van der Waals surface area contributed by atoms with E-state index in [1.54, 1.807) is 4.90 Å². The number of halogens is 2. The van der Waals surface area contributed by atoms with Crippen LogP contribution in [0.2, 0.25) is 0 Å². The summed E-state index contributed by atoms with van der Waals surface area (Å²) in [5.41, 5.74) is 3.89. The molecule has 0 aromatic heterocycles. The molecule has 0 saturated carbocycles. The maximum absolute atomic E-state index is 13.7. The van der Waals surface area contributed by atoms with Crippen LogP contribution >= 0.6 is 0 Å². The van der Waals surface area contributed by atoms with E-state index in [2.05, 4.69) is 30.3 Å². The summed E-state index contributed by atoms with van der Waals surface area (Å²) >= 11 is 0. The molecule has 4 nitrogen and oxygen atoms in total. The standard InChI is InChI=1S/C27H22F2N2O2/c28-19-13-18(14-20(29)15-19)27(17-30)9-11-31(12-10-27)26(32)33-16-25-23-7-3-1-5-21(23)22-6-2-4-8-24(22)25/h1-8,13-15,25H,9-12,16H2. The lowest BCUT2D eigenvalue weighted by Gasteiger charge is -2.37. The van der Waals surface area contributed by atoms with Crippen molar-refractivity contribution in [2.75, 3.05) is 19.7 Å². The van der Waals surface area contributed by atoms with Crippen molar-refractivity contribution < 1.29 is 18.3 Å². The average Bonchev–Trinajstić information content (AvgIpc) is 3.16. The fourth-order valence-corrected chi connectivity index (χ4v) is 5.05. The second-order valence-corrected chi connectivity index (χ2v) is 8.64. The van der Waals surface area contributed by atoms with Gasteiger partial charge >= 0.3 is 6.09 Å². The molecule has 0 radical (unpaired) electrons.